The van der Waals surface area contributed by atoms with Crippen molar-refractivity contribution in [3.63, 3.8) is 0 Å². The molecule has 0 fully saturated rings. The van der Waals surface area contributed by atoms with Crippen LogP contribution in [0.3, 0.4) is 0 Å². The van der Waals surface area contributed by atoms with E-state index in [2.05, 4.69) is 15.2 Å². The Morgan fingerprint density at radius 2 is 1.88 bits per heavy atom. The van der Waals surface area contributed by atoms with Crippen LogP contribution in [-0.2, 0) is 6.42 Å². The molecule has 0 aliphatic carbocycles. The summed E-state index contributed by atoms with van der Waals surface area (Å²) in [5.41, 5.74) is 2.35. The van der Waals surface area contributed by atoms with Crippen molar-refractivity contribution in [1.82, 2.24) is 15.2 Å². The summed E-state index contributed by atoms with van der Waals surface area (Å²) in [7, 11) is 0. The van der Waals surface area contributed by atoms with E-state index in [1.165, 1.54) is 23.5 Å². The van der Waals surface area contributed by atoms with Gasteiger partial charge in [0.2, 0.25) is 11.8 Å². The monoisotopic (exact) mass is 371 g/mol. The van der Waals surface area contributed by atoms with Crippen molar-refractivity contribution in [3.8, 4) is 22.0 Å². The van der Waals surface area contributed by atoms with Crippen molar-refractivity contribution in [2.24, 2.45) is 0 Å². The van der Waals surface area contributed by atoms with Crippen LogP contribution in [0.25, 0.3) is 22.0 Å². The van der Waals surface area contributed by atoms with Gasteiger partial charge in [-0.3, -0.25) is 0 Å². The van der Waals surface area contributed by atoms with Gasteiger partial charge in [-0.2, -0.15) is 0 Å². The van der Waals surface area contributed by atoms with Crippen LogP contribution >= 0.6 is 22.9 Å². The van der Waals surface area contributed by atoms with Crippen LogP contribution in [0.5, 0.6) is 0 Å². The second-order valence-corrected chi connectivity index (χ2v) is 6.64. The Labute approximate surface area is 151 Å². The maximum atomic E-state index is 13.3. The third-order valence-electron chi connectivity index (χ3n) is 3.49. The Morgan fingerprint density at radius 3 is 2.72 bits per heavy atom. The SMILES string of the molecule is Fc1cccc(-c2nnc(Cc3csc(-c4cccc(Cl)c4)n3)o2)c1. The predicted octanol–water partition coefficient (Wildman–Crippen LogP) is 5.24. The molecular weight excluding hydrogens is 361 g/mol. The molecule has 0 saturated carbocycles. The zero-order valence-electron chi connectivity index (χ0n) is 12.8. The molecule has 0 aliphatic rings. The molecule has 7 heteroatoms. The van der Waals surface area contributed by atoms with E-state index in [-0.39, 0.29) is 5.82 Å². The first-order valence-corrected chi connectivity index (χ1v) is 8.72. The second-order valence-electron chi connectivity index (χ2n) is 5.34. The second kappa shape index (κ2) is 6.74. The van der Waals surface area contributed by atoms with Gasteiger partial charge in [-0.15, -0.1) is 21.5 Å². The van der Waals surface area contributed by atoms with E-state index < -0.39 is 0 Å². The normalized spacial score (nSPS) is 11.0. The molecule has 0 atom stereocenters. The maximum absolute atomic E-state index is 13.3. The largest absolute Gasteiger partial charge is 0.420 e. The first-order chi connectivity index (χ1) is 12.2. The molecule has 124 valence electrons. The highest BCUT2D eigenvalue weighted by Crippen LogP contribution is 2.27. The van der Waals surface area contributed by atoms with E-state index >= 15 is 0 Å². The molecule has 0 aliphatic heterocycles. The molecule has 0 saturated heterocycles. The number of hydrogen-bond donors (Lipinski definition) is 0. The highest BCUT2D eigenvalue weighted by molar-refractivity contribution is 7.13. The fourth-order valence-corrected chi connectivity index (χ4v) is 3.37. The Kier molecular flexibility index (Phi) is 4.29. The smallest absolute Gasteiger partial charge is 0.247 e. The summed E-state index contributed by atoms with van der Waals surface area (Å²) in [5.74, 6) is 0.380. The number of thiazole rings is 1. The van der Waals surface area contributed by atoms with Crippen molar-refractivity contribution in [1.29, 1.82) is 0 Å². The first-order valence-electron chi connectivity index (χ1n) is 7.46. The number of hydrogen-bond acceptors (Lipinski definition) is 5. The minimum atomic E-state index is -0.345. The van der Waals surface area contributed by atoms with E-state index in [4.69, 9.17) is 16.0 Å². The molecule has 4 aromatic rings. The van der Waals surface area contributed by atoms with Gasteiger partial charge in [0.1, 0.15) is 10.8 Å². The van der Waals surface area contributed by atoms with Crippen LogP contribution in [-0.4, -0.2) is 15.2 Å². The lowest BCUT2D eigenvalue weighted by molar-refractivity contribution is 0.516. The Morgan fingerprint density at radius 1 is 1.04 bits per heavy atom. The molecule has 2 heterocycles. The van der Waals surface area contributed by atoms with Crippen molar-refractivity contribution >= 4 is 22.9 Å². The summed E-state index contributed by atoms with van der Waals surface area (Å²) in [4.78, 5) is 4.59. The minimum Gasteiger partial charge on any atom is -0.420 e. The summed E-state index contributed by atoms with van der Waals surface area (Å²) in [5, 5.41) is 11.5. The van der Waals surface area contributed by atoms with E-state index in [1.807, 2.05) is 29.6 Å². The molecule has 25 heavy (non-hydrogen) atoms. The van der Waals surface area contributed by atoms with E-state index in [9.17, 15) is 4.39 Å². The third-order valence-corrected chi connectivity index (χ3v) is 4.67. The van der Waals surface area contributed by atoms with Gasteiger partial charge in [-0.1, -0.05) is 29.8 Å². The van der Waals surface area contributed by atoms with Gasteiger partial charge < -0.3 is 4.42 Å². The van der Waals surface area contributed by atoms with Gasteiger partial charge in [-0.25, -0.2) is 9.37 Å². The summed E-state index contributed by atoms with van der Waals surface area (Å²) in [6.45, 7) is 0. The molecule has 0 amide bonds. The number of nitrogens with zero attached hydrogens (tertiary/aromatic N) is 3. The average molecular weight is 372 g/mol. The fourth-order valence-electron chi connectivity index (χ4n) is 2.36. The lowest BCUT2D eigenvalue weighted by Crippen LogP contribution is -1.88. The van der Waals surface area contributed by atoms with Crippen molar-refractivity contribution in [3.05, 3.63) is 76.3 Å². The first kappa shape index (κ1) is 15.9. The van der Waals surface area contributed by atoms with Crippen LogP contribution in [0.15, 0.2) is 58.3 Å². The van der Waals surface area contributed by atoms with Crippen molar-refractivity contribution in [2.75, 3.05) is 0 Å². The van der Waals surface area contributed by atoms with Crippen molar-refractivity contribution < 1.29 is 8.81 Å². The quantitative estimate of drug-likeness (QED) is 0.492. The van der Waals surface area contributed by atoms with Gasteiger partial charge in [0.25, 0.3) is 0 Å². The lowest BCUT2D eigenvalue weighted by Gasteiger charge is -1.96. The zero-order valence-corrected chi connectivity index (χ0v) is 14.4. The Balaban J connectivity index is 1.54. The molecular formula is C18H11ClFN3OS. The molecule has 0 unspecified atom stereocenters. The highest BCUT2D eigenvalue weighted by Gasteiger charge is 2.12. The molecule has 0 bridgehead atoms. The Bertz CT molecular complexity index is 949. The molecule has 4 rings (SSSR count). The standard InChI is InChI=1S/C18H11ClFN3OS/c19-13-5-1-4-12(7-13)18-21-15(10-25-18)9-16-22-23-17(24-16)11-3-2-6-14(20)8-11/h1-8,10H,9H2. The summed E-state index contributed by atoms with van der Waals surface area (Å²) in [6, 6.07) is 13.6. The number of aromatic nitrogens is 3. The topological polar surface area (TPSA) is 51.8 Å². The summed E-state index contributed by atoms with van der Waals surface area (Å²) in [6.07, 6.45) is 0.416. The van der Waals surface area contributed by atoms with Crippen LogP contribution in [0.4, 0.5) is 4.39 Å². The Hall–Kier alpha value is -2.57. The fraction of sp³-hybridized carbons (Fsp3) is 0.0556. The molecule has 2 aromatic heterocycles. The molecule has 2 aromatic carbocycles. The van der Waals surface area contributed by atoms with Gasteiger partial charge >= 0.3 is 0 Å². The summed E-state index contributed by atoms with van der Waals surface area (Å²) < 4.78 is 18.9. The molecule has 0 radical (unpaired) electrons. The van der Waals surface area contributed by atoms with Gasteiger partial charge in [0.05, 0.1) is 12.1 Å². The van der Waals surface area contributed by atoms with Crippen LogP contribution < -0.4 is 0 Å². The number of rotatable bonds is 4. The highest BCUT2D eigenvalue weighted by atomic mass is 35.5. The van der Waals surface area contributed by atoms with Crippen LogP contribution in [0.2, 0.25) is 5.02 Å². The molecule has 0 spiro atoms. The summed E-state index contributed by atoms with van der Waals surface area (Å²) >= 11 is 7.55. The van der Waals surface area contributed by atoms with Crippen LogP contribution in [0.1, 0.15) is 11.6 Å². The number of benzene rings is 2. The van der Waals surface area contributed by atoms with Gasteiger partial charge in [-0.05, 0) is 30.3 Å². The molecule has 0 N–H and O–H groups in total. The van der Waals surface area contributed by atoms with E-state index in [1.54, 1.807) is 12.1 Å². The zero-order chi connectivity index (χ0) is 17.2. The van der Waals surface area contributed by atoms with E-state index in [0.717, 1.165) is 16.3 Å². The molecule has 4 nitrogen and oxygen atoms in total. The number of halogens is 2. The lowest BCUT2D eigenvalue weighted by atomic mass is 10.2. The average Bonchev–Trinajstić information content (AvgIpc) is 3.25. The third kappa shape index (κ3) is 3.60. The van der Waals surface area contributed by atoms with Gasteiger partial charge in [0.15, 0.2) is 0 Å². The van der Waals surface area contributed by atoms with Crippen LogP contribution in [0, 0.1) is 5.82 Å². The van der Waals surface area contributed by atoms with Gasteiger partial charge in [0, 0.05) is 21.5 Å². The minimum absolute atomic E-state index is 0.291. The maximum Gasteiger partial charge on any atom is 0.247 e. The van der Waals surface area contributed by atoms with Crippen molar-refractivity contribution in [2.45, 2.75) is 6.42 Å². The predicted molar refractivity (Wildman–Crippen MR) is 95.1 cm³/mol. The van der Waals surface area contributed by atoms with E-state index in [0.29, 0.717) is 28.8 Å².